The van der Waals surface area contributed by atoms with Gasteiger partial charge in [0.05, 0.1) is 25.2 Å². The molecule has 4 aliphatic heterocycles. The minimum atomic E-state index is -1.38. The van der Waals surface area contributed by atoms with Crippen molar-refractivity contribution < 1.29 is 29.0 Å². The van der Waals surface area contributed by atoms with Gasteiger partial charge in [-0.3, -0.25) is 14.4 Å². The highest BCUT2D eigenvalue weighted by Gasteiger charge is 2.75. The lowest BCUT2D eigenvalue weighted by atomic mass is 9.73. The third-order valence-electron chi connectivity index (χ3n) is 9.10. The Balaban J connectivity index is 1.61. The van der Waals surface area contributed by atoms with Crippen LogP contribution in [-0.2, 0) is 23.9 Å². The van der Waals surface area contributed by atoms with Crippen molar-refractivity contribution in [2.24, 2.45) is 11.8 Å². The molecule has 0 saturated carbocycles. The van der Waals surface area contributed by atoms with Crippen LogP contribution in [0.4, 0.5) is 11.4 Å². The number of amides is 2. The second-order valence-electron chi connectivity index (χ2n) is 11.2. The standard InChI is InChI=1S/C31H41N3O6/c1-5-30-16-9-8-10-19-39-29(38)25(30)24-27(36)34(21(4)20-35)26-28(37)33(18-11-17-31(24,26)40-30)23-14-12-22(13-15-23)32(6-2)7-3/h9,11-17,21,24-26,35H,5-8,10,18-20H2,1-4H3/b16-9-/t21-,24+,25-,26?,30+,31+/m1/s1. The molecule has 5 rings (SSSR count). The van der Waals surface area contributed by atoms with E-state index in [1.165, 1.54) is 4.90 Å². The highest BCUT2D eigenvalue weighted by molar-refractivity contribution is 6.05. The van der Waals surface area contributed by atoms with E-state index in [0.717, 1.165) is 25.2 Å². The van der Waals surface area contributed by atoms with E-state index in [-0.39, 0.29) is 31.6 Å². The van der Waals surface area contributed by atoms with Crippen LogP contribution < -0.4 is 9.80 Å². The van der Waals surface area contributed by atoms with Gasteiger partial charge in [-0.25, -0.2) is 0 Å². The number of aliphatic hydroxyl groups excluding tert-OH is 1. The van der Waals surface area contributed by atoms with Crippen LogP contribution in [0.1, 0.15) is 47.0 Å². The fraction of sp³-hybridized carbons (Fsp3) is 0.581. The minimum absolute atomic E-state index is 0.263. The topological polar surface area (TPSA) is 99.6 Å². The molecule has 2 saturated heterocycles. The summed E-state index contributed by atoms with van der Waals surface area (Å²) >= 11 is 0. The van der Waals surface area contributed by atoms with E-state index in [1.54, 1.807) is 11.8 Å². The number of nitrogens with zero attached hydrogens (tertiary/aromatic N) is 3. The molecule has 2 fully saturated rings. The van der Waals surface area contributed by atoms with Gasteiger partial charge >= 0.3 is 5.97 Å². The number of fused-ring (bicyclic) bond motifs is 2. The lowest BCUT2D eigenvalue weighted by Gasteiger charge is -2.40. The van der Waals surface area contributed by atoms with Crippen LogP contribution in [0.2, 0.25) is 0 Å². The molecule has 1 aromatic carbocycles. The Labute approximate surface area is 236 Å². The van der Waals surface area contributed by atoms with Crippen LogP contribution in [0.15, 0.2) is 48.6 Å². The fourth-order valence-corrected chi connectivity index (χ4v) is 7.04. The zero-order valence-electron chi connectivity index (χ0n) is 23.9. The molecule has 2 amide bonds. The molecule has 4 aliphatic rings. The molecule has 1 N–H and O–H groups in total. The number of carbonyl (C=O) groups is 3. The van der Waals surface area contributed by atoms with Gasteiger partial charge in [-0.15, -0.1) is 0 Å². The fourth-order valence-electron chi connectivity index (χ4n) is 7.04. The second-order valence-corrected chi connectivity index (χ2v) is 11.2. The number of benzene rings is 1. The molecule has 6 atom stereocenters. The molecule has 4 heterocycles. The van der Waals surface area contributed by atoms with Crippen LogP contribution in [0.3, 0.4) is 0 Å². The summed E-state index contributed by atoms with van der Waals surface area (Å²) < 4.78 is 12.6. The normalized spacial score (nSPS) is 33.2. The molecule has 216 valence electrons. The second kappa shape index (κ2) is 11.0. The van der Waals surface area contributed by atoms with Crippen molar-refractivity contribution in [3.63, 3.8) is 0 Å². The summed E-state index contributed by atoms with van der Waals surface area (Å²) in [5, 5.41) is 10.1. The Morgan fingerprint density at radius 1 is 1.02 bits per heavy atom. The van der Waals surface area contributed by atoms with Crippen molar-refractivity contribution in [2.75, 3.05) is 42.6 Å². The number of rotatable bonds is 7. The number of ether oxygens (including phenoxy) is 2. The largest absolute Gasteiger partial charge is 0.465 e. The number of hydrogen-bond donors (Lipinski definition) is 1. The number of anilines is 2. The lowest BCUT2D eigenvalue weighted by molar-refractivity contribution is -0.160. The number of aliphatic hydroxyl groups is 1. The van der Waals surface area contributed by atoms with Crippen LogP contribution in [0.5, 0.6) is 0 Å². The zero-order chi connectivity index (χ0) is 28.7. The SMILES string of the molecule is CCN(CC)c1ccc(N2CC=C[C@]34O[C@@]5(CC)/C=C\CCCOC(=O)[C@H]5[C@H]3C(=O)N([C@H](C)CO)C4C2=O)cc1. The highest BCUT2D eigenvalue weighted by atomic mass is 16.6. The van der Waals surface area contributed by atoms with Gasteiger partial charge in [0.2, 0.25) is 5.91 Å². The smallest absolute Gasteiger partial charge is 0.313 e. The van der Waals surface area contributed by atoms with Crippen molar-refractivity contribution in [1.82, 2.24) is 4.90 Å². The third kappa shape index (κ3) is 4.25. The Morgan fingerprint density at radius 3 is 2.40 bits per heavy atom. The van der Waals surface area contributed by atoms with Crippen molar-refractivity contribution in [3.8, 4) is 0 Å². The number of carbonyl (C=O) groups excluding carboxylic acids is 3. The van der Waals surface area contributed by atoms with Crippen LogP contribution in [0.25, 0.3) is 0 Å². The molecular formula is C31H41N3O6. The van der Waals surface area contributed by atoms with Crippen molar-refractivity contribution in [1.29, 1.82) is 0 Å². The van der Waals surface area contributed by atoms with Crippen LogP contribution in [-0.4, -0.2) is 83.9 Å². The predicted octanol–water partition coefficient (Wildman–Crippen LogP) is 3.07. The zero-order valence-corrected chi connectivity index (χ0v) is 23.9. The summed E-state index contributed by atoms with van der Waals surface area (Å²) in [6, 6.07) is 6.15. The molecule has 1 spiro atoms. The number of allylic oxidation sites excluding steroid dienone is 1. The molecule has 1 aromatic rings. The Morgan fingerprint density at radius 2 is 1.75 bits per heavy atom. The molecular weight excluding hydrogens is 510 g/mol. The maximum atomic E-state index is 14.5. The third-order valence-corrected chi connectivity index (χ3v) is 9.10. The average molecular weight is 552 g/mol. The van der Waals surface area contributed by atoms with Crippen molar-refractivity contribution in [3.05, 3.63) is 48.6 Å². The quantitative estimate of drug-likeness (QED) is 0.411. The first-order valence-corrected chi connectivity index (χ1v) is 14.6. The van der Waals surface area contributed by atoms with Crippen molar-refractivity contribution in [2.45, 2.75) is 70.2 Å². The maximum absolute atomic E-state index is 14.5. The lowest BCUT2D eigenvalue weighted by Crippen LogP contribution is -2.58. The van der Waals surface area contributed by atoms with Gasteiger partial charge in [0.25, 0.3) is 5.91 Å². The molecule has 0 radical (unpaired) electrons. The predicted molar refractivity (Wildman–Crippen MR) is 152 cm³/mol. The summed E-state index contributed by atoms with van der Waals surface area (Å²) in [4.78, 5) is 47.7. The summed E-state index contributed by atoms with van der Waals surface area (Å²) in [7, 11) is 0. The van der Waals surface area contributed by atoms with E-state index in [9.17, 15) is 19.5 Å². The number of esters is 1. The van der Waals surface area contributed by atoms with E-state index in [0.29, 0.717) is 18.5 Å². The Kier molecular flexibility index (Phi) is 7.81. The Hall–Kier alpha value is -3.17. The van der Waals surface area contributed by atoms with Crippen molar-refractivity contribution >= 4 is 29.2 Å². The van der Waals surface area contributed by atoms with Crippen LogP contribution in [0, 0.1) is 11.8 Å². The monoisotopic (exact) mass is 551 g/mol. The van der Waals surface area contributed by atoms with Crippen LogP contribution >= 0.6 is 0 Å². The molecule has 0 aromatic heterocycles. The summed E-state index contributed by atoms with van der Waals surface area (Å²) in [5.41, 5.74) is -0.688. The summed E-state index contributed by atoms with van der Waals surface area (Å²) in [6.45, 7) is 9.82. The van der Waals surface area contributed by atoms with E-state index in [2.05, 4.69) is 18.7 Å². The maximum Gasteiger partial charge on any atom is 0.313 e. The van der Waals surface area contributed by atoms with Gasteiger partial charge in [0.15, 0.2) is 0 Å². The first-order valence-electron chi connectivity index (χ1n) is 14.6. The van der Waals surface area contributed by atoms with E-state index < -0.39 is 41.1 Å². The van der Waals surface area contributed by atoms with Gasteiger partial charge < -0.3 is 29.3 Å². The number of likely N-dealkylation sites (tertiary alicyclic amines) is 1. The molecule has 0 bridgehead atoms. The summed E-state index contributed by atoms with van der Waals surface area (Å²) in [5.74, 6) is -3.00. The molecule has 0 aliphatic carbocycles. The average Bonchev–Trinajstić information content (AvgIpc) is 3.35. The molecule has 9 nitrogen and oxygen atoms in total. The number of hydrogen-bond acceptors (Lipinski definition) is 7. The minimum Gasteiger partial charge on any atom is -0.465 e. The van der Waals surface area contributed by atoms with E-state index >= 15 is 0 Å². The van der Waals surface area contributed by atoms with E-state index in [4.69, 9.17) is 9.47 Å². The molecule has 1 unspecified atom stereocenters. The highest BCUT2D eigenvalue weighted by Crippen LogP contribution is 2.58. The van der Waals surface area contributed by atoms with Gasteiger partial charge in [-0.1, -0.05) is 31.2 Å². The van der Waals surface area contributed by atoms with E-state index in [1.807, 2.05) is 55.5 Å². The van der Waals surface area contributed by atoms with Gasteiger partial charge in [-0.2, -0.15) is 0 Å². The first-order chi connectivity index (χ1) is 19.3. The molecule has 40 heavy (non-hydrogen) atoms. The first kappa shape index (κ1) is 28.4. The number of cyclic esters (lactones) is 1. The molecule has 9 heteroatoms. The van der Waals surface area contributed by atoms with Gasteiger partial charge in [0, 0.05) is 31.0 Å². The summed E-state index contributed by atoms with van der Waals surface area (Å²) in [6.07, 6.45) is 9.45. The van der Waals surface area contributed by atoms with Gasteiger partial charge in [0.1, 0.15) is 23.2 Å². The van der Waals surface area contributed by atoms with Gasteiger partial charge in [-0.05, 0) is 64.3 Å². The Bertz CT molecular complexity index is 1190.